The van der Waals surface area contributed by atoms with Gasteiger partial charge in [0.15, 0.2) is 4.49 Å². The predicted octanol–water partition coefficient (Wildman–Crippen LogP) is 1.61. The molecule has 0 spiro atoms. The monoisotopic (exact) mass is 291 g/mol. The molecule has 1 amide bonds. The van der Waals surface area contributed by atoms with E-state index >= 15 is 0 Å². The summed E-state index contributed by atoms with van der Waals surface area (Å²) in [7, 11) is -4.86. The van der Waals surface area contributed by atoms with Gasteiger partial charge in [-0.25, -0.2) is 4.57 Å². The molecule has 0 aliphatic carbocycles. The van der Waals surface area contributed by atoms with Crippen LogP contribution in [-0.4, -0.2) is 33.7 Å². The van der Waals surface area contributed by atoms with Crippen molar-refractivity contribution >= 4 is 36.9 Å². The zero-order chi connectivity index (χ0) is 12.9. The number of halogens is 2. The van der Waals surface area contributed by atoms with Crippen molar-refractivity contribution in [3.8, 4) is 0 Å². The number of likely N-dealkylation sites (N-methyl/N-ethyl adjacent to an activating group) is 1. The summed E-state index contributed by atoms with van der Waals surface area (Å²) in [6, 6.07) is 0. The summed E-state index contributed by atoms with van der Waals surface area (Å²) >= 11 is 10.7. The molecule has 0 aliphatic rings. The van der Waals surface area contributed by atoms with Crippen LogP contribution in [0, 0.1) is 0 Å². The molecule has 0 atom stereocenters. The summed E-state index contributed by atoms with van der Waals surface area (Å²) in [5.74, 6) is -1.52. The van der Waals surface area contributed by atoms with Crippen LogP contribution in [0.5, 0.6) is 0 Å². The van der Waals surface area contributed by atoms with E-state index in [0.717, 1.165) is 0 Å². The quantitative estimate of drug-likeness (QED) is 0.456. The van der Waals surface area contributed by atoms with E-state index in [-0.39, 0.29) is 0 Å². The van der Waals surface area contributed by atoms with Crippen LogP contribution < -0.4 is 0 Å². The minimum absolute atomic E-state index is 0.338. The van der Waals surface area contributed by atoms with Crippen LogP contribution in [-0.2, 0) is 13.9 Å². The topological polar surface area (TPSA) is 87.1 Å². The van der Waals surface area contributed by atoms with Gasteiger partial charge in [-0.3, -0.25) is 14.6 Å². The second-order valence-corrected chi connectivity index (χ2v) is 4.76. The van der Waals surface area contributed by atoms with Gasteiger partial charge in [0.25, 0.3) is 5.91 Å². The standard InChI is InChI=1S/C7H12Cl2NO5P/c1-3-10(4-2)7(11)5(6(8)9)15-16(12,13)14/h3-4H2,1-2H3,(H2,12,13,14). The summed E-state index contributed by atoms with van der Waals surface area (Å²) in [4.78, 5) is 30.1. The molecule has 0 fully saturated rings. The Morgan fingerprint density at radius 3 is 2.00 bits per heavy atom. The lowest BCUT2D eigenvalue weighted by atomic mass is 10.4. The van der Waals surface area contributed by atoms with Gasteiger partial charge in [-0.15, -0.1) is 0 Å². The number of phosphoric ester groups is 1. The van der Waals surface area contributed by atoms with Crippen molar-refractivity contribution in [2.45, 2.75) is 13.8 Å². The van der Waals surface area contributed by atoms with Crippen LogP contribution in [0.3, 0.4) is 0 Å². The Kier molecular flexibility index (Phi) is 6.36. The second kappa shape index (κ2) is 6.47. The van der Waals surface area contributed by atoms with E-state index in [0.29, 0.717) is 13.1 Å². The lowest BCUT2D eigenvalue weighted by Crippen LogP contribution is -2.32. The smallest absolute Gasteiger partial charge is 0.396 e. The molecule has 0 radical (unpaired) electrons. The highest BCUT2D eigenvalue weighted by Gasteiger charge is 2.28. The first-order valence-corrected chi connectivity index (χ1v) is 6.61. The number of hydrogen-bond acceptors (Lipinski definition) is 3. The van der Waals surface area contributed by atoms with Crippen molar-refractivity contribution in [1.29, 1.82) is 0 Å². The minimum atomic E-state index is -4.86. The lowest BCUT2D eigenvalue weighted by molar-refractivity contribution is -0.129. The van der Waals surface area contributed by atoms with Crippen LogP contribution in [0.4, 0.5) is 0 Å². The average Bonchev–Trinajstić information content (AvgIpc) is 2.14. The van der Waals surface area contributed by atoms with Gasteiger partial charge in [0, 0.05) is 13.1 Å². The van der Waals surface area contributed by atoms with E-state index in [1.165, 1.54) is 4.90 Å². The fraction of sp³-hybridized carbons (Fsp3) is 0.571. The molecule has 0 rings (SSSR count). The van der Waals surface area contributed by atoms with Crippen molar-refractivity contribution < 1.29 is 23.7 Å². The fourth-order valence-corrected chi connectivity index (χ4v) is 1.68. The van der Waals surface area contributed by atoms with Gasteiger partial charge >= 0.3 is 7.82 Å². The highest BCUT2D eigenvalue weighted by atomic mass is 35.5. The minimum Gasteiger partial charge on any atom is -0.396 e. The highest BCUT2D eigenvalue weighted by Crippen LogP contribution is 2.41. The van der Waals surface area contributed by atoms with Crippen LogP contribution in [0.15, 0.2) is 10.3 Å². The number of carbonyl (C=O) groups excluding carboxylic acids is 1. The highest BCUT2D eigenvalue weighted by molar-refractivity contribution is 7.46. The number of rotatable bonds is 5. The van der Waals surface area contributed by atoms with E-state index in [9.17, 15) is 9.36 Å². The molecule has 94 valence electrons. The molecule has 0 unspecified atom stereocenters. The van der Waals surface area contributed by atoms with Gasteiger partial charge in [0.05, 0.1) is 0 Å². The third kappa shape index (κ3) is 5.18. The van der Waals surface area contributed by atoms with E-state index in [2.05, 4.69) is 4.52 Å². The van der Waals surface area contributed by atoms with Crippen LogP contribution in [0.1, 0.15) is 13.8 Å². The van der Waals surface area contributed by atoms with E-state index < -0.39 is 24.0 Å². The molecule has 2 N–H and O–H groups in total. The summed E-state index contributed by atoms with van der Waals surface area (Å²) in [6.45, 7) is 4.06. The molecular weight excluding hydrogens is 280 g/mol. The Morgan fingerprint density at radius 2 is 1.75 bits per heavy atom. The van der Waals surface area contributed by atoms with Crippen LogP contribution in [0.25, 0.3) is 0 Å². The molecule has 0 aromatic heterocycles. The largest absolute Gasteiger partial charge is 0.525 e. The van der Waals surface area contributed by atoms with Crippen molar-refractivity contribution in [3.05, 3.63) is 10.3 Å². The lowest BCUT2D eigenvalue weighted by Gasteiger charge is -2.20. The van der Waals surface area contributed by atoms with Crippen LogP contribution >= 0.6 is 31.0 Å². The van der Waals surface area contributed by atoms with Gasteiger partial charge in [-0.05, 0) is 13.8 Å². The molecule has 0 saturated heterocycles. The first-order valence-electron chi connectivity index (χ1n) is 4.32. The molecule has 0 aliphatic heterocycles. The molecule has 0 aromatic carbocycles. The Labute approximate surface area is 103 Å². The first kappa shape index (κ1) is 15.7. The fourth-order valence-electron chi connectivity index (χ4n) is 0.928. The third-order valence-corrected chi connectivity index (χ3v) is 2.39. The van der Waals surface area contributed by atoms with Crippen molar-refractivity contribution in [2.75, 3.05) is 13.1 Å². The summed E-state index contributed by atoms with van der Waals surface area (Å²) in [5.41, 5.74) is 0. The van der Waals surface area contributed by atoms with Crippen molar-refractivity contribution in [2.24, 2.45) is 0 Å². The molecule has 9 heteroatoms. The SMILES string of the molecule is CCN(CC)C(=O)C(OP(=O)(O)O)=C(Cl)Cl. The Hall–Kier alpha value is -0.260. The summed E-state index contributed by atoms with van der Waals surface area (Å²) in [6.07, 6.45) is 0. The maximum absolute atomic E-state index is 11.7. The molecule has 0 bridgehead atoms. The zero-order valence-corrected chi connectivity index (χ0v) is 11.1. The molecule has 0 heterocycles. The van der Waals surface area contributed by atoms with Gasteiger partial charge in [0.1, 0.15) is 0 Å². The first-order chi connectivity index (χ1) is 7.22. The average molecular weight is 292 g/mol. The van der Waals surface area contributed by atoms with Gasteiger partial charge in [-0.1, -0.05) is 23.2 Å². The Balaban J connectivity index is 5.04. The normalized spacial score (nSPS) is 10.9. The number of nitrogens with zero attached hydrogens (tertiary/aromatic N) is 1. The number of amides is 1. The molecular formula is C7H12Cl2NO5P. The maximum Gasteiger partial charge on any atom is 0.525 e. The number of hydrogen-bond donors (Lipinski definition) is 2. The van der Waals surface area contributed by atoms with Crippen LogP contribution in [0.2, 0.25) is 0 Å². The van der Waals surface area contributed by atoms with Gasteiger partial charge in [-0.2, -0.15) is 0 Å². The predicted molar refractivity (Wildman–Crippen MR) is 59.8 cm³/mol. The van der Waals surface area contributed by atoms with E-state index in [1.54, 1.807) is 13.8 Å². The number of phosphoric acid groups is 1. The summed E-state index contributed by atoms with van der Waals surface area (Å²) in [5, 5.41) is 0. The van der Waals surface area contributed by atoms with E-state index in [4.69, 9.17) is 33.0 Å². The Bertz CT molecular complexity index is 332. The zero-order valence-electron chi connectivity index (χ0n) is 8.68. The van der Waals surface area contributed by atoms with Gasteiger partial charge < -0.3 is 9.42 Å². The summed E-state index contributed by atoms with van der Waals surface area (Å²) < 4.78 is 14.1. The third-order valence-electron chi connectivity index (χ3n) is 1.63. The van der Waals surface area contributed by atoms with Crippen molar-refractivity contribution in [3.63, 3.8) is 0 Å². The van der Waals surface area contributed by atoms with Gasteiger partial charge in [0.2, 0.25) is 5.76 Å². The molecule has 0 aromatic rings. The Morgan fingerprint density at radius 1 is 1.31 bits per heavy atom. The maximum atomic E-state index is 11.7. The second-order valence-electron chi connectivity index (χ2n) is 2.65. The molecule has 0 saturated carbocycles. The molecule has 6 nitrogen and oxygen atoms in total. The number of carbonyl (C=O) groups is 1. The van der Waals surface area contributed by atoms with E-state index in [1.807, 2.05) is 0 Å². The molecule has 16 heavy (non-hydrogen) atoms. The van der Waals surface area contributed by atoms with Crippen molar-refractivity contribution in [1.82, 2.24) is 4.90 Å².